The van der Waals surface area contributed by atoms with Crippen LogP contribution < -0.4 is 10.6 Å². The average molecular weight is 296 g/mol. The van der Waals surface area contributed by atoms with Crippen LogP contribution in [0.5, 0.6) is 0 Å². The zero-order valence-corrected chi connectivity index (χ0v) is 11.1. The van der Waals surface area contributed by atoms with Crippen molar-refractivity contribution in [1.29, 1.82) is 0 Å². The molecule has 0 bridgehead atoms. The van der Waals surface area contributed by atoms with Crippen LogP contribution in [0.4, 0.5) is 18.9 Å². The number of anilines is 1. The molecule has 0 fully saturated rings. The van der Waals surface area contributed by atoms with E-state index in [1.54, 1.807) is 18.2 Å². The normalized spacial score (nSPS) is 10.2. The zero-order valence-electron chi connectivity index (χ0n) is 10.3. The molecule has 20 heavy (non-hydrogen) atoms. The number of thiocarbonyl (C=S) groups is 1. The maximum absolute atomic E-state index is 13.4. The fourth-order valence-electron chi connectivity index (χ4n) is 1.59. The number of hydrogen-bond acceptors (Lipinski definition) is 1. The van der Waals surface area contributed by atoms with Gasteiger partial charge in [-0.15, -0.1) is 0 Å². The first-order chi connectivity index (χ1) is 9.58. The van der Waals surface area contributed by atoms with Crippen LogP contribution in [0, 0.1) is 17.5 Å². The van der Waals surface area contributed by atoms with Gasteiger partial charge in [-0.3, -0.25) is 0 Å². The number of rotatable bonds is 3. The summed E-state index contributed by atoms with van der Waals surface area (Å²) in [5, 5.41) is 5.12. The third-order valence-electron chi connectivity index (χ3n) is 2.60. The van der Waals surface area contributed by atoms with Crippen LogP contribution in [0.15, 0.2) is 42.5 Å². The molecule has 0 aromatic heterocycles. The second-order valence-corrected chi connectivity index (χ2v) is 4.40. The summed E-state index contributed by atoms with van der Waals surface area (Å²) in [5.74, 6) is -1.88. The lowest BCUT2D eigenvalue weighted by Gasteiger charge is -2.12. The van der Waals surface area contributed by atoms with Crippen molar-refractivity contribution in [2.45, 2.75) is 6.54 Å². The van der Waals surface area contributed by atoms with E-state index in [1.807, 2.05) is 0 Å². The first-order valence-corrected chi connectivity index (χ1v) is 6.21. The van der Waals surface area contributed by atoms with Gasteiger partial charge in [0.2, 0.25) is 0 Å². The highest BCUT2D eigenvalue weighted by Gasteiger charge is 2.09. The molecule has 2 N–H and O–H groups in total. The molecule has 0 saturated carbocycles. The summed E-state index contributed by atoms with van der Waals surface area (Å²) in [6.45, 7) is 0.120. The van der Waals surface area contributed by atoms with Gasteiger partial charge in [-0.25, -0.2) is 13.2 Å². The van der Waals surface area contributed by atoms with E-state index < -0.39 is 11.6 Å². The van der Waals surface area contributed by atoms with Crippen molar-refractivity contribution < 1.29 is 13.2 Å². The van der Waals surface area contributed by atoms with Crippen LogP contribution >= 0.6 is 12.2 Å². The predicted molar refractivity (Wildman–Crippen MR) is 75.8 cm³/mol. The SMILES string of the molecule is Fc1ccccc1CNC(=S)Nc1c(F)cccc1F. The number of nitrogens with one attached hydrogen (secondary N) is 2. The van der Waals surface area contributed by atoms with E-state index in [-0.39, 0.29) is 23.2 Å². The van der Waals surface area contributed by atoms with Gasteiger partial charge >= 0.3 is 0 Å². The fourth-order valence-corrected chi connectivity index (χ4v) is 1.77. The second-order valence-electron chi connectivity index (χ2n) is 4.00. The van der Waals surface area contributed by atoms with Crippen LogP contribution in [0.1, 0.15) is 5.56 Å². The molecule has 0 aliphatic carbocycles. The van der Waals surface area contributed by atoms with Crippen LogP contribution in [-0.2, 0) is 6.54 Å². The maximum Gasteiger partial charge on any atom is 0.171 e. The molecule has 2 aromatic carbocycles. The second kappa shape index (κ2) is 6.38. The van der Waals surface area contributed by atoms with Crippen LogP contribution in [-0.4, -0.2) is 5.11 Å². The number of halogens is 3. The first kappa shape index (κ1) is 14.3. The Morgan fingerprint density at radius 1 is 0.900 bits per heavy atom. The summed E-state index contributed by atoms with van der Waals surface area (Å²) in [4.78, 5) is 0. The van der Waals surface area contributed by atoms with E-state index in [0.29, 0.717) is 5.56 Å². The van der Waals surface area contributed by atoms with Gasteiger partial charge in [-0.05, 0) is 30.4 Å². The van der Waals surface area contributed by atoms with E-state index in [0.717, 1.165) is 12.1 Å². The molecule has 0 amide bonds. The maximum atomic E-state index is 13.4. The van der Waals surface area contributed by atoms with Gasteiger partial charge in [0, 0.05) is 12.1 Å². The summed E-state index contributed by atoms with van der Waals surface area (Å²) in [6.07, 6.45) is 0. The molecule has 6 heteroatoms. The van der Waals surface area contributed by atoms with E-state index in [9.17, 15) is 13.2 Å². The summed E-state index contributed by atoms with van der Waals surface area (Å²) >= 11 is 4.92. The van der Waals surface area contributed by atoms with Gasteiger partial charge in [-0.2, -0.15) is 0 Å². The molecule has 2 rings (SSSR count). The Balaban J connectivity index is 1.98. The molecule has 0 aliphatic rings. The molecule has 104 valence electrons. The van der Waals surface area contributed by atoms with Gasteiger partial charge in [0.05, 0.1) is 0 Å². The highest BCUT2D eigenvalue weighted by Crippen LogP contribution is 2.17. The lowest BCUT2D eigenvalue weighted by atomic mass is 10.2. The van der Waals surface area contributed by atoms with Crippen molar-refractivity contribution in [3.05, 3.63) is 65.5 Å². The molecule has 0 atom stereocenters. The Labute approximate surface area is 119 Å². The summed E-state index contributed by atoms with van der Waals surface area (Å²) < 4.78 is 40.1. The molecular weight excluding hydrogens is 285 g/mol. The molecule has 0 radical (unpaired) electrons. The zero-order chi connectivity index (χ0) is 14.5. The van der Waals surface area contributed by atoms with Gasteiger partial charge in [-0.1, -0.05) is 24.3 Å². The van der Waals surface area contributed by atoms with Gasteiger partial charge in [0.25, 0.3) is 0 Å². The van der Waals surface area contributed by atoms with E-state index in [2.05, 4.69) is 10.6 Å². The van der Waals surface area contributed by atoms with Crippen LogP contribution in [0.3, 0.4) is 0 Å². The Kier molecular flexibility index (Phi) is 4.57. The minimum absolute atomic E-state index is 0.0113. The highest BCUT2D eigenvalue weighted by molar-refractivity contribution is 7.80. The molecular formula is C14H11F3N2S. The Bertz CT molecular complexity index is 611. The molecule has 0 unspecified atom stereocenters. The van der Waals surface area contributed by atoms with Crippen molar-refractivity contribution in [3.8, 4) is 0 Å². The van der Waals surface area contributed by atoms with Crippen molar-refractivity contribution in [1.82, 2.24) is 5.32 Å². The fraction of sp³-hybridized carbons (Fsp3) is 0.0714. The summed E-state index contributed by atoms with van der Waals surface area (Å²) in [7, 11) is 0. The molecule has 0 heterocycles. The minimum atomic E-state index is -0.750. The van der Waals surface area contributed by atoms with E-state index >= 15 is 0 Å². The van der Waals surface area contributed by atoms with Crippen molar-refractivity contribution in [2.24, 2.45) is 0 Å². The Hall–Kier alpha value is -2.08. The lowest BCUT2D eigenvalue weighted by Crippen LogP contribution is -2.29. The van der Waals surface area contributed by atoms with Gasteiger partial charge < -0.3 is 10.6 Å². The molecule has 0 saturated heterocycles. The number of hydrogen-bond donors (Lipinski definition) is 2. The van der Waals surface area contributed by atoms with Crippen molar-refractivity contribution >= 4 is 23.0 Å². The molecule has 0 aliphatic heterocycles. The van der Waals surface area contributed by atoms with E-state index in [4.69, 9.17) is 12.2 Å². The van der Waals surface area contributed by atoms with Crippen molar-refractivity contribution in [2.75, 3.05) is 5.32 Å². The van der Waals surface area contributed by atoms with E-state index in [1.165, 1.54) is 12.1 Å². The predicted octanol–water partition coefficient (Wildman–Crippen LogP) is 3.59. The van der Waals surface area contributed by atoms with Crippen molar-refractivity contribution in [3.63, 3.8) is 0 Å². The summed E-state index contributed by atoms with van der Waals surface area (Å²) in [6, 6.07) is 9.66. The average Bonchev–Trinajstić information content (AvgIpc) is 2.42. The molecule has 2 aromatic rings. The number of para-hydroxylation sites is 1. The topological polar surface area (TPSA) is 24.1 Å². The van der Waals surface area contributed by atoms with Crippen LogP contribution in [0.2, 0.25) is 0 Å². The lowest BCUT2D eigenvalue weighted by molar-refractivity contribution is 0.590. The Morgan fingerprint density at radius 3 is 2.15 bits per heavy atom. The third-order valence-corrected chi connectivity index (χ3v) is 2.84. The summed E-state index contributed by atoms with van der Waals surface area (Å²) in [5.41, 5.74) is 0.0733. The molecule has 2 nitrogen and oxygen atoms in total. The van der Waals surface area contributed by atoms with Gasteiger partial charge in [0.15, 0.2) is 5.11 Å². The Morgan fingerprint density at radius 2 is 1.50 bits per heavy atom. The minimum Gasteiger partial charge on any atom is -0.358 e. The first-order valence-electron chi connectivity index (χ1n) is 5.80. The van der Waals surface area contributed by atoms with Gasteiger partial charge in [0.1, 0.15) is 23.1 Å². The quantitative estimate of drug-likeness (QED) is 0.846. The smallest absolute Gasteiger partial charge is 0.171 e. The third kappa shape index (κ3) is 3.48. The number of benzene rings is 2. The monoisotopic (exact) mass is 296 g/mol. The highest BCUT2D eigenvalue weighted by atomic mass is 32.1. The largest absolute Gasteiger partial charge is 0.358 e. The molecule has 0 spiro atoms. The standard InChI is InChI=1S/C14H11F3N2S/c15-10-5-2-1-4-9(10)8-18-14(20)19-13-11(16)6-3-7-12(13)17/h1-7H,8H2,(H2,18,19,20). The van der Waals surface area contributed by atoms with Crippen LogP contribution in [0.25, 0.3) is 0 Å².